The minimum Gasteiger partial charge on any atom is -0.493 e. The lowest BCUT2D eigenvalue weighted by molar-refractivity contribution is -0.130. The monoisotopic (exact) mass is 261 g/mol. The molecule has 4 nitrogen and oxygen atoms in total. The maximum atomic E-state index is 11.9. The average molecular weight is 261 g/mol. The van der Waals surface area contributed by atoms with Crippen LogP contribution >= 0.6 is 0 Å². The lowest BCUT2D eigenvalue weighted by Gasteiger charge is -2.26. The SMILES string of the molecule is O=C(NCC1CCOc2ccccc21)C1CCCO1. The maximum Gasteiger partial charge on any atom is 0.249 e. The molecule has 1 aromatic carbocycles. The first kappa shape index (κ1) is 12.5. The van der Waals surface area contributed by atoms with Crippen molar-refractivity contribution in [3.05, 3.63) is 29.8 Å². The average Bonchev–Trinajstić information content (AvgIpc) is 2.99. The van der Waals surface area contributed by atoms with Crippen LogP contribution in [0.5, 0.6) is 5.75 Å². The van der Waals surface area contributed by atoms with Crippen molar-refractivity contribution in [3.8, 4) is 5.75 Å². The van der Waals surface area contributed by atoms with E-state index in [-0.39, 0.29) is 12.0 Å². The molecule has 1 saturated heterocycles. The van der Waals surface area contributed by atoms with Crippen molar-refractivity contribution in [1.82, 2.24) is 5.32 Å². The second kappa shape index (κ2) is 5.61. The van der Waals surface area contributed by atoms with E-state index in [4.69, 9.17) is 9.47 Å². The Balaban J connectivity index is 1.60. The summed E-state index contributed by atoms with van der Waals surface area (Å²) in [5, 5.41) is 3.02. The van der Waals surface area contributed by atoms with Crippen LogP contribution in [-0.2, 0) is 9.53 Å². The van der Waals surface area contributed by atoms with Crippen molar-refractivity contribution in [2.75, 3.05) is 19.8 Å². The molecule has 2 aliphatic heterocycles. The van der Waals surface area contributed by atoms with Gasteiger partial charge in [-0.05, 0) is 30.9 Å². The predicted octanol–water partition coefficient (Wildman–Crippen LogP) is 1.85. The Morgan fingerprint density at radius 3 is 3.00 bits per heavy atom. The number of carbonyl (C=O) groups excluding carboxylic acids is 1. The van der Waals surface area contributed by atoms with Gasteiger partial charge in [-0.2, -0.15) is 0 Å². The van der Waals surface area contributed by atoms with Crippen LogP contribution in [-0.4, -0.2) is 31.8 Å². The van der Waals surface area contributed by atoms with Crippen LogP contribution in [0.1, 0.15) is 30.7 Å². The summed E-state index contributed by atoms with van der Waals surface area (Å²) in [5.41, 5.74) is 1.20. The summed E-state index contributed by atoms with van der Waals surface area (Å²) >= 11 is 0. The Morgan fingerprint density at radius 1 is 1.26 bits per heavy atom. The second-order valence-corrected chi connectivity index (χ2v) is 5.12. The molecule has 0 radical (unpaired) electrons. The van der Waals surface area contributed by atoms with Crippen LogP contribution in [0.25, 0.3) is 0 Å². The fourth-order valence-corrected chi connectivity index (χ4v) is 2.75. The first-order chi connectivity index (χ1) is 9.34. The van der Waals surface area contributed by atoms with Crippen molar-refractivity contribution in [3.63, 3.8) is 0 Å². The summed E-state index contributed by atoms with van der Waals surface area (Å²) in [4.78, 5) is 11.9. The molecule has 4 heteroatoms. The van der Waals surface area contributed by atoms with Crippen molar-refractivity contribution in [2.24, 2.45) is 0 Å². The highest BCUT2D eigenvalue weighted by Gasteiger charge is 2.26. The molecule has 2 atom stereocenters. The number of hydrogen-bond acceptors (Lipinski definition) is 3. The van der Waals surface area contributed by atoms with Gasteiger partial charge in [0.2, 0.25) is 5.91 Å². The van der Waals surface area contributed by atoms with Crippen LogP contribution in [0.3, 0.4) is 0 Å². The van der Waals surface area contributed by atoms with E-state index in [1.165, 1.54) is 5.56 Å². The zero-order valence-electron chi connectivity index (χ0n) is 10.9. The Hall–Kier alpha value is -1.55. The fourth-order valence-electron chi connectivity index (χ4n) is 2.75. The summed E-state index contributed by atoms with van der Waals surface area (Å²) in [6, 6.07) is 8.06. The zero-order valence-corrected chi connectivity index (χ0v) is 10.9. The topological polar surface area (TPSA) is 47.6 Å². The number of para-hydroxylation sites is 1. The molecule has 1 aromatic rings. The molecule has 2 heterocycles. The van der Waals surface area contributed by atoms with Crippen molar-refractivity contribution < 1.29 is 14.3 Å². The molecule has 102 valence electrons. The number of rotatable bonds is 3. The molecule has 19 heavy (non-hydrogen) atoms. The van der Waals surface area contributed by atoms with E-state index in [2.05, 4.69) is 11.4 Å². The smallest absolute Gasteiger partial charge is 0.249 e. The molecule has 3 rings (SSSR count). The molecule has 1 amide bonds. The van der Waals surface area contributed by atoms with Gasteiger partial charge >= 0.3 is 0 Å². The van der Waals surface area contributed by atoms with Crippen LogP contribution in [0.4, 0.5) is 0 Å². The third-order valence-corrected chi connectivity index (χ3v) is 3.83. The van der Waals surface area contributed by atoms with Gasteiger partial charge in [0, 0.05) is 19.1 Å². The van der Waals surface area contributed by atoms with E-state index in [1.807, 2.05) is 18.2 Å². The first-order valence-corrected chi connectivity index (χ1v) is 6.95. The number of fused-ring (bicyclic) bond motifs is 1. The van der Waals surface area contributed by atoms with Gasteiger partial charge in [-0.25, -0.2) is 0 Å². The fraction of sp³-hybridized carbons (Fsp3) is 0.533. The van der Waals surface area contributed by atoms with Crippen molar-refractivity contribution >= 4 is 5.91 Å². The van der Waals surface area contributed by atoms with E-state index in [9.17, 15) is 4.79 Å². The molecular formula is C15H19NO3. The summed E-state index contributed by atoms with van der Waals surface area (Å²) in [6.07, 6.45) is 2.53. The normalized spacial score (nSPS) is 25.5. The highest BCUT2D eigenvalue weighted by atomic mass is 16.5. The second-order valence-electron chi connectivity index (χ2n) is 5.12. The largest absolute Gasteiger partial charge is 0.493 e. The summed E-state index contributed by atoms with van der Waals surface area (Å²) in [6.45, 7) is 2.09. The van der Waals surface area contributed by atoms with Gasteiger partial charge in [-0.15, -0.1) is 0 Å². The molecule has 0 spiro atoms. The lowest BCUT2D eigenvalue weighted by atomic mass is 9.93. The third kappa shape index (κ3) is 2.73. The summed E-state index contributed by atoms with van der Waals surface area (Å²) < 4.78 is 11.0. The molecule has 2 aliphatic rings. The summed E-state index contributed by atoms with van der Waals surface area (Å²) in [7, 11) is 0. The number of hydrogen-bond donors (Lipinski definition) is 1. The van der Waals surface area contributed by atoms with E-state index >= 15 is 0 Å². The van der Waals surface area contributed by atoms with Gasteiger partial charge in [0.1, 0.15) is 11.9 Å². The molecule has 1 N–H and O–H groups in total. The van der Waals surface area contributed by atoms with Crippen LogP contribution in [0.2, 0.25) is 0 Å². The molecule has 1 fully saturated rings. The highest BCUT2D eigenvalue weighted by Crippen LogP contribution is 2.32. The minimum atomic E-state index is -0.241. The number of benzene rings is 1. The quantitative estimate of drug-likeness (QED) is 0.903. The Kier molecular flexibility index (Phi) is 3.69. The van der Waals surface area contributed by atoms with Gasteiger partial charge in [-0.1, -0.05) is 18.2 Å². The summed E-state index contributed by atoms with van der Waals surface area (Å²) in [5.74, 6) is 1.32. The standard InChI is InChI=1S/C15H19NO3/c17-15(14-6-3-8-18-14)16-10-11-7-9-19-13-5-2-1-4-12(11)13/h1-2,4-5,11,14H,3,6-10H2,(H,16,17). The van der Waals surface area contributed by atoms with E-state index < -0.39 is 0 Å². The van der Waals surface area contributed by atoms with Crippen LogP contribution in [0, 0.1) is 0 Å². The van der Waals surface area contributed by atoms with E-state index in [0.717, 1.165) is 31.6 Å². The number of carbonyl (C=O) groups is 1. The molecule has 2 unspecified atom stereocenters. The van der Waals surface area contributed by atoms with Gasteiger partial charge in [-0.3, -0.25) is 4.79 Å². The van der Waals surface area contributed by atoms with Gasteiger partial charge in [0.15, 0.2) is 0 Å². The number of ether oxygens (including phenoxy) is 2. The Morgan fingerprint density at radius 2 is 2.16 bits per heavy atom. The highest BCUT2D eigenvalue weighted by molar-refractivity contribution is 5.81. The van der Waals surface area contributed by atoms with E-state index in [0.29, 0.717) is 19.1 Å². The molecule has 0 aromatic heterocycles. The van der Waals surface area contributed by atoms with Crippen LogP contribution < -0.4 is 10.1 Å². The van der Waals surface area contributed by atoms with Gasteiger partial charge in [0.05, 0.1) is 6.61 Å². The van der Waals surface area contributed by atoms with Crippen molar-refractivity contribution in [1.29, 1.82) is 0 Å². The van der Waals surface area contributed by atoms with Crippen LogP contribution in [0.15, 0.2) is 24.3 Å². The number of amides is 1. The van der Waals surface area contributed by atoms with Crippen molar-refractivity contribution in [2.45, 2.75) is 31.3 Å². The first-order valence-electron chi connectivity index (χ1n) is 6.95. The maximum absolute atomic E-state index is 11.9. The molecular weight excluding hydrogens is 242 g/mol. The molecule has 0 aliphatic carbocycles. The Labute approximate surface area is 113 Å². The minimum absolute atomic E-state index is 0.0291. The Bertz CT molecular complexity index is 454. The number of nitrogens with one attached hydrogen (secondary N) is 1. The zero-order chi connectivity index (χ0) is 13.1. The predicted molar refractivity (Wildman–Crippen MR) is 71.3 cm³/mol. The molecule has 0 saturated carbocycles. The molecule has 0 bridgehead atoms. The van der Waals surface area contributed by atoms with Gasteiger partial charge < -0.3 is 14.8 Å². The lowest BCUT2D eigenvalue weighted by Crippen LogP contribution is -2.37. The third-order valence-electron chi connectivity index (χ3n) is 3.83. The van der Waals surface area contributed by atoms with Gasteiger partial charge in [0.25, 0.3) is 0 Å². The van der Waals surface area contributed by atoms with E-state index in [1.54, 1.807) is 0 Å².